The molecule has 3 aromatic rings. The van der Waals surface area contributed by atoms with Crippen LogP contribution in [-0.4, -0.2) is 69.1 Å². The van der Waals surface area contributed by atoms with Crippen LogP contribution in [0, 0.1) is 0 Å². The van der Waals surface area contributed by atoms with Crippen molar-refractivity contribution in [1.82, 2.24) is 4.90 Å². The molecule has 3 aromatic carbocycles. The van der Waals surface area contributed by atoms with Crippen LogP contribution in [0.1, 0.15) is 59.0 Å². The van der Waals surface area contributed by atoms with Gasteiger partial charge in [-0.15, -0.1) is 0 Å². The lowest BCUT2D eigenvalue weighted by atomic mass is 10.0. The molecule has 0 saturated heterocycles. The normalized spacial score (nSPS) is 12.4. The van der Waals surface area contributed by atoms with Gasteiger partial charge in [-0.3, -0.25) is 9.59 Å². The molecular weight excluding hydrogens is 564 g/mol. The molecular formula is C29H26N4O10. The third-order valence-corrected chi connectivity index (χ3v) is 6.29. The van der Waals surface area contributed by atoms with Gasteiger partial charge in [0, 0.05) is 6.54 Å². The van der Waals surface area contributed by atoms with Crippen LogP contribution < -0.4 is 20.9 Å². The molecule has 43 heavy (non-hydrogen) atoms. The molecule has 0 unspecified atom stereocenters. The fourth-order valence-corrected chi connectivity index (χ4v) is 4.49. The largest absolute Gasteiger partial charge is 0.489 e. The van der Waals surface area contributed by atoms with Crippen molar-refractivity contribution in [2.24, 2.45) is 16.5 Å². The highest BCUT2D eigenvalue weighted by molar-refractivity contribution is 6.00. The molecule has 1 aliphatic rings. The average molecular weight is 591 g/mol. The number of aromatic carboxylic acids is 2. The molecule has 1 heterocycles. The number of carboxylic acid groups (broad SMARTS) is 3. The van der Waals surface area contributed by atoms with Gasteiger partial charge in [0.15, 0.2) is 17.5 Å². The maximum atomic E-state index is 13.7. The fraction of sp³-hybridized carbons (Fsp3) is 0.172. The number of guanidine groups is 1. The summed E-state index contributed by atoms with van der Waals surface area (Å²) in [6.07, 6.45) is 0.785. The molecule has 0 fully saturated rings. The number of nitrogens with two attached hydrogens (primary N) is 2. The second-order valence-corrected chi connectivity index (χ2v) is 9.44. The number of hydrogen-bond acceptors (Lipinski definition) is 8. The highest BCUT2D eigenvalue weighted by atomic mass is 16.6. The van der Waals surface area contributed by atoms with Crippen molar-refractivity contribution in [3.05, 3.63) is 88.0 Å². The lowest BCUT2D eigenvalue weighted by molar-refractivity contribution is -0.137. The minimum absolute atomic E-state index is 0.0723. The van der Waals surface area contributed by atoms with Crippen LogP contribution in [0.25, 0.3) is 0 Å². The summed E-state index contributed by atoms with van der Waals surface area (Å²) in [7, 11) is 0. The summed E-state index contributed by atoms with van der Waals surface area (Å²) in [6.45, 7) is -1.17. The molecule has 7 N–H and O–H groups in total. The van der Waals surface area contributed by atoms with E-state index in [0.29, 0.717) is 24.1 Å². The molecule has 14 nitrogen and oxygen atoms in total. The van der Waals surface area contributed by atoms with Crippen LogP contribution in [0.15, 0.2) is 59.6 Å². The number of rotatable bonds is 8. The molecule has 0 atom stereocenters. The fourth-order valence-electron chi connectivity index (χ4n) is 4.49. The van der Waals surface area contributed by atoms with E-state index in [4.69, 9.17) is 20.9 Å². The van der Waals surface area contributed by atoms with Gasteiger partial charge in [-0.1, -0.05) is 6.07 Å². The van der Waals surface area contributed by atoms with E-state index in [2.05, 4.69) is 4.99 Å². The molecule has 14 heteroatoms. The van der Waals surface area contributed by atoms with E-state index in [9.17, 15) is 39.3 Å². The molecule has 0 spiro atoms. The van der Waals surface area contributed by atoms with E-state index in [1.54, 1.807) is 12.1 Å². The standard InChI is InChI=1S/C29H26N4O10/c30-29(31)32-19-6-7-20-16(12-19)3-2-8-42-24-21(4-1-5-22(24)43-28(20)41)25(36)33(14-23(34)35)13-15-9-17(26(37)38)11-18(10-15)27(39)40/h1,4-7,9-12H,2-3,8,13-14H2,(H,34,35)(H,37,38)(H,39,40)(H4,30,31,32). The monoisotopic (exact) mass is 590 g/mol. The predicted octanol–water partition coefficient (Wildman–Crippen LogP) is 2.26. The summed E-state index contributed by atoms with van der Waals surface area (Å²) in [5, 5.41) is 28.3. The third-order valence-electron chi connectivity index (χ3n) is 6.29. The summed E-state index contributed by atoms with van der Waals surface area (Å²) < 4.78 is 11.5. The Morgan fingerprint density at radius 3 is 2.26 bits per heavy atom. The summed E-state index contributed by atoms with van der Waals surface area (Å²) >= 11 is 0. The number of ether oxygens (including phenoxy) is 2. The van der Waals surface area contributed by atoms with Gasteiger partial charge in [0.05, 0.1) is 34.5 Å². The number of benzene rings is 3. The van der Waals surface area contributed by atoms with E-state index in [1.807, 2.05) is 0 Å². The van der Waals surface area contributed by atoms with Crippen LogP contribution in [0.3, 0.4) is 0 Å². The lowest BCUT2D eigenvalue weighted by Gasteiger charge is -2.24. The molecule has 0 aromatic heterocycles. The van der Waals surface area contributed by atoms with Gasteiger partial charge in [-0.05, 0) is 72.5 Å². The van der Waals surface area contributed by atoms with E-state index < -0.39 is 42.9 Å². The second-order valence-electron chi connectivity index (χ2n) is 9.44. The first-order valence-electron chi connectivity index (χ1n) is 12.7. The molecule has 0 aliphatic carbocycles. The second kappa shape index (κ2) is 12.7. The minimum atomic E-state index is -1.40. The van der Waals surface area contributed by atoms with Crippen molar-refractivity contribution in [3.63, 3.8) is 0 Å². The van der Waals surface area contributed by atoms with Crippen LogP contribution in [-0.2, 0) is 17.8 Å². The summed E-state index contributed by atoms with van der Waals surface area (Å²) in [5.74, 6) is -6.09. The Labute approximate surface area is 243 Å². The average Bonchev–Trinajstić information content (AvgIpc) is 2.94. The Balaban J connectivity index is 1.70. The summed E-state index contributed by atoms with van der Waals surface area (Å²) in [5.41, 5.74) is 11.5. The number of hydrogen-bond donors (Lipinski definition) is 5. The van der Waals surface area contributed by atoms with E-state index in [-0.39, 0.29) is 51.9 Å². The first-order chi connectivity index (χ1) is 20.4. The van der Waals surface area contributed by atoms with Crippen molar-refractivity contribution in [3.8, 4) is 11.5 Å². The molecule has 1 amide bonds. The van der Waals surface area contributed by atoms with Crippen molar-refractivity contribution >= 4 is 41.4 Å². The zero-order valence-electron chi connectivity index (χ0n) is 22.5. The van der Waals surface area contributed by atoms with E-state index in [1.165, 1.54) is 24.3 Å². The number of aliphatic carboxylic acids is 1. The number of carbonyl (C=O) groups is 5. The molecule has 222 valence electrons. The Kier molecular flexibility index (Phi) is 8.89. The number of amides is 1. The molecule has 0 saturated carbocycles. The number of esters is 1. The summed E-state index contributed by atoms with van der Waals surface area (Å²) in [6, 6.07) is 12.1. The summed E-state index contributed by atoms with van der Waals surface area (Å²) in [4.78, 5) is 66.6. The van der Waals surface area contributed by atoms with Crippen LogP contribution in [0.4, 0.5) is 5.69 Å². The van der Waals surface area contributed by atoms with Crippen molar-refractivity contribution in [1.29, 1.82) is 0 Å². The molecule has 0 bridgehead atoms. The molecule has 4 rings (SSSR count). The van der Waals surface area contributed by atoms with Crippen LogP contribution >= 0.6 is 0 Å². The highest BCUT2D eigenvalue weighted by Gasteiger charge is 2.27. The molecule has 1 aliphatic heterocycles. The number of fused-ring (bicyclic) bond motifs is 2. The van der Waals surface area contributed by atoms with Crippen molar-refractivity contribution in [2.75, 3.05) is 13.2 Å². The number of aryl methyl sites for hydroxylation is 1. The SMILES string of the molecule is NC(N)=Nc1ccc2c(c1)CCCOc1c(cccc1C(=O)N(CC(=O)O)Cc1cc(C(=O)O)cc(C(=O)O)c1)OC2=O. The number of aliphatic imine (C=N–C) groups is 1. The maximum absolute atomic E-state index is 13.7. The number of nitrogens with zero attached hydrogens (tertiary/aromatic N) is 2. The Morgan fingerprint density at radius 1 is 0.930 bits per heavy atom. The van der Waals surface area contributed by atoms with Gasteiger partial charge in [-0.25, -0.2) is 19.4 Å². The van der Waals surface area contributed by atoms with Crippen LogP contribution in [0.5, 0.6) is 11.5 Å². The first kappa shape index (κ1) is 30.0. The predicted molar refractivity (Wildman–Crippen MR) is 150 cm³/mol. The quantitative estimate of drug-likeness (QED) is 0.110. The first-order valence-corrected chi connectivity index (χ1v) is 12.7. The van der Waals surface area contributed by atoms with Crippen molar-refractivity contribution in [2.45, 2.75) is 19.4 Å². The van der Waals surface area contributed by atoms with E-state index >= 15 is 0 Å². The molecule has 0 radical (unpaired) electrons. The van der Waals surface area contributed by atoms with Gasteiger partial charge in [0.25, 0.3) is 5.91 Å². The minimum Gasteiger partial charge on any atom is -0.489 e. The number of carbonyl (C=O) groups excluding carboxylic acids is 2. The van der Waals surface area contributed by atoms with Crippen LogP contribution in [0.2, 0.25) is 0 Å². The Hall–Kier alpha value is -5.92. The van der Waals surface area contributed by atoms with Crippen molar-refractivity contribution < 1.29 is 48.8 Å². The zero-order chi connectivity index (χ0) is 31.3. The Morgan fingerprint density at radius 2 is 1.63 bits per heavy atom. The zero-order valence-corrected chi connectivity index (χ0v) is 22.5. The lowest BCUT2D eigenvalue weighted by Crippen LogP contribution is -2.35. The maximum Gasteiger partial charge on any atom is 0.343 e. The van der Waals surface area contributed by atoms with Gasteiger partial charge >= 0.3 is 23.9 Å². The van der Waals surface area contributed by atoms with E-state index in [0.717, 1.165) is 23.1 Å². The number of carboxylic acids is 3. The Bertz CT molecular complexity index is 1630. The van der Waals surface area contributed by atoms with Gasteiger partial charge < -0.3 is 41.2 Å². The smallest absolute Gasteiger partial charge is 0.343 e. The van der Waals surface area contributed by atoms with Gasteiger partial charge in [0.1, 0.15) is 6.54 Å². The third kappa shape index (κ3) is 7.24. The van der Waals surface area contributed by atoms with Gasteiger partial charge in [-0.2, -0.15) is 0 Å². The topological polar surface area (TPSA) is 232 Å². The van der Waals surface area contributed by atoms with Gasteiger partial charge in [0.2, 0.25) is 0 Å². The number of para-hydroxylation sites is 1. The highest BCUT2D eigenvalue weighted by Crippen LogP contribution is 2.35.